The van der Waals surface area contributed by atoms with Crippen LogP contribution in [0.3, 0.4) is 0 Å². The molecule has 35 heavy (non-hydrogen) atoms. The van der Waals surface area contributed by atoms with Crippen molar-refractivity contribution in [2.24, 2.45) is 0 Å². The van der Waals surface area contributed by atoms with Gasteiger partial charge in [-0.05, 0) is 24.5 Å². The number of benzene rings is 2. The maximum Gasteiger partial charge on any atom is 0.534 e. The molecule has 7 nitrogen and oxygen atoms in total. The summed E-state index contributed by atoms with van der Waals surface area (Å²) in [6.07, 6.45) is 2.89. The molecule has 0 spiro atoms. The van der Waals surface area contributed by atoms with E-state index < -0.39 is 43.5 Å². The average molecular weight is 538 g/mol. The number of nitrogens with one attached hydrogen (secondary N) is 1. The highest BCUT2D eigenvalue weighted by atomic mass is 32.3. The maximum absolute atomic E-state index is 13.0. The lowest BCUT2D eigenvalue weighted by molar-refractivity contribution is -0.0500. The van der Waals surface area contributed by atoms with Crippen LogP contribution in [-0.4, -0.2) is 41.4 Å². The van der Waals surface area contributed by atoms with Gasteiger partial charge in [0, 0.05) is 17.2 Å². The van der Waals surface area contributed by atoms with E-state index in [1.54, 1.807) is 0 Å². The van der Waals surface area contributed by atoms with Crippen molar-refractivity contribution in [3.63, 3.8) is 0 Å². The Morgan fingerprint density at radius 2 is 1.80 bits per heavy atom. The number of halogens is 3. The SMILES string of the molecule is CCCC[C@]1(CC)CS(O)(O)c2cc(OS(=O)(=O)C(F)(F)F)c(OC)cc2[C@@H](c2ccccc2)N1. The third-order valence-electron chi connectivity index (χ3n) is 6.19. The molecule has 0 unspecified atom stereocenters. The fraction of sp³-hybridized carbons (Fsp3) is 0.478. The van der Waals surface area contributed by atoms with Crippen LogP contribution in [0.15, 0.2) is 47.4 Å². The Balaban J connectivity index is 2.26. The lowest BCUT2D eigenvalue weighted by Crippen LogP contribution is -2.49. The van der Waals surface area contributed by atoms with Gasteiger partial charge in [0.2, 0.25) is 0 Å². The van der Waals surface area contributed by atoms with Crippen molar-refractivity contribution < 1.29 is 39.6 Å². The Kier molecular flexibility index (Phi) is 8.02. The van der Waals surface area contributed by atoms with E-state index >= 15 is 0 Å². The molecule has 1 aliphatic rings. The van der Waals surface area contributed by atoms with E-state index in [4.69, 9.17) is 4.74 Å². The van der Waals surface area contributed by atoms with Crippen LogP contribution >= 0.6 is 10.6 Å². The molecule has 3 N–H and O–H groups in total. The van der Waals surface area contributed by atoms with Gasteiger partial charge >= 0.3 is 15.6 Å². The minimum absolute atomic E-state index is 0.0844. The Labute approximate surface area is 205 Å². The van der Waals surface area contributed by atoms with Gasteiger partial charge < -0.3 is 8.92 Å². The van der Waals surface area contributed by atoms with E-state index in [9.17, 15) is 30.7 Å². The first-order chi connectivity index (χ1) is 16.3. The predicted molar refractivity (Wildman–Crippen MR) is 129 cm³/mol. The molecule has 0 aromatic heterocycles. The topological polar surface area (TPSA) is 105 Å². The Bertz CT molecular complexity index is 1140. The molecule has 0 fully saturated rings. The van der Waals surface area contributed by atoms with Gasteiger partial charge in [0.05, 0.1) is 23.8 Å². The lowest BCUT2D eigenvalue weighted by Gasteiger charge is -2.42. The van der Waals surface area contributed by atoms with Gasteiger partial charge in [-0.2, -0.15) is 32.2 Å². The van der Waals surface area contributed by atoms with Crippen LogP contribution in [0, 0.1) is 0 Å². The van der Waals surface area contributed by atoms with Crippen LogP contribution in [0.5, 0.6) is 11.5 Å². The first kappa shape index (κ1) is 27.6. The predicted octanol–water partition coefficient (Wildman–Crippen LogP) is 6.06. The van der Waals surface area contributed by atoms with Gasteiger partial charge in [-0.3, -0.25) is 14.4 Å². The van der Waals surface area contributed by atoms with Crippen molar-refractivity contribution in [3.05, 3.63) is 53.6 Å². The molecule has 2 aromatic carbocycles. The number of unbranched alkanes of at least 4 members (excludes halogenated alkanes) is 1. The van der Waals surface area contributed by atoms with Gasteiger partial charge in [-0.25, -0.2) is 0 Å². The second-order valence-electron chi connectivity index (χ2n) is 8.56. The van der Waals surface area contributed by atoms with Gasteiger partial charge in [0.25, 0.3) is 0 Å². The lowest BCUT2D eigenvalue weighted by atomic mass is 9.88. The summed E-state index contributed by atoms with van der Waals surface area (Å²) in [4.78, 5) is -0.0844. The summed E-state index contributed by atoms with van der Waals surface area (Å²) in [7, 11) is -8.43. The summed E-state index contributed by atoms with van der Waals surface area (Å²) in [5.74, 6) is -1.15. The largest absolute Gasteiger partial charge is 0.534 e. The highest BCUT2D eigenvalue weighted by Crippen LogP contribution is 2.59. The molecular formula is C23H30F3NO6S2. The molecule has 0 radical (unpaired) electrons. The number of methoxy groups -OCH3 is 1. The number of alkyl halides is 3. The third-order valence-corrected chi connectivity index (χ3v) is 9.17. The number of hydrogen-bond donors (Lipinski definition) is 3. The normalized spacial score (nSPS) is 23.1. The molecule has 1 aliphatic heterocycles. The average Bonchev–Trinajstić information content (AvgIpc) is 2.89. The number of rotatable bonds is 8. The molecule has 0 amide bonds. The van der Waals surface area contributed by atoms with E-state index in [0.29, 0.717) is 18.4 Å². The van der Waals surface area contributed by atoms with Crippen molar-refractivity contribution in [1.82, 2.24) is 5.32 Å². The molecule has 0 bridgehead atoms. The third kappa shape index (κ3) is 5.72. The number of fused-ring (bicyclic) bond motifs is 1. The molecule has 0 aliphatic carbocycles. The van der Waals surface area contributed by atoms with Crippen molar-refractivity contribution in [1.29, 1.82) is 0 Å². The molecule has 0 saturated heterocycles. The fourth-order valence-corrected chi connectivity index (χ4v) is 6.96. The smallest absolute Gasteiger partial charge is 0.493 e. The molecule has 0 saturated carbocycles. The molecule has 196 valence electrons. The second-order valence-corrected chi connectivity index (χ2v) is 12.2. The van der Waals surface area contributed by atoms with Gasteiger partial charge in [-0.15, -0.1) is 0 Å². The van der Waals surface area contributed by atoms with Crippen LogP contribution in [-0.2, 0) is 10.1 Å². The van der Waals surface area contributed by atoms with E-state index in [-0.39, 0.29) is 16.4 Å². The van der Waals surface area contributed by atoms with Gasteiger partial charge in [0.15, 0.2) is 11.5 Å². The molecule has 12 heteroatoms. The van der Waals surface area contributed by atoms with Crippen LogP contribution in [0.1, 0.15) is 56.7 Å². The summed E-state index contributed by atoms with van der Waals surface area (Å²) in [6.45, 7) is 3.96. The summed E-state index contributed by atoms with van der Waals surface area (Å²) in [5, 5.41) is 3.59. The van der Waals surface area contributed by atoms with Crippen molar-refractivity contribution in [2.45, 2.75) is 61.5 Å². The van der Waals surface area contributed by atoms with E-state index in [1.807, 2.05) is 44.2 Å². The fourth-order valence-electron chi connectivity index (χ4n) is 4.29. The van der Waals surface area contributed by atoms with Crippen LogP contribution in [0.2, 0.25) is 0 Å². The summed E-state index contributed by atoms with van der Waals surface area (Å²) < 4.78 is 94.6. The summed E-state index contributed by atoms with van der Waals surface area (Å²) >= 11 is 0. The maximum atomic E-state index is 13.0. The minimum Gasteiger partial charge on any atom is -0.493 e. The van der Waals surface area contributed by atoms with Crippen LogP contribution < -0.4 is 14.2 Å². The van der Waals surface area contributed by atoms with Crippen molar-refractivity contribution >= 4 is 20.7 Å². The number of ether oxygens (including phenoxy) is 1. The van der Waals surface area contributed by atoms with E-state index in [1.165, 1.54) is 6.07 Å². The standard InChI is InChI=1S/C23H30F3NO6S2/c1-4-6-12-22(5-2)15-34(28,29)20-14-19(33-35(30,31)23(24,25)26)18(32-3)13-17(20)21(27-22)16-10-8-7-9-11-16/h7-11,13-14,21,27-29H,4-6,12,15H2,1-3H3/t21-,22-/m1/s1. The van der Waals surface area contributed by atoms with Gasteiger partial charge in [-0.1, -0.05) is 57.0 Å². The zero-order valence-corrected chi connectivity index (χ0v) is 21.3. The first-order valence-corrected chi connectivity index (χ1v) is 14.2. The Morgan fingerprint density at radius 3 is 2.34 bits per heavy atom. The Morgan fingerprint density at radius 1 is 1.14 bits per heavy atom. The highest BCUT2D eigenvalue weighted by Gasteiger charge is 2.49. The zero-order valence-electron chi connectivity index (χ0n) is 19.6. The van der Waals surface area contributed by atoms with Crippen molar-refractivity contribution in [2.75, 3.05) is 12.9 Å². The molecular weight excluding hydrogens is 507 g/mol. The Hall–Kier alpha value is -1.99. The quantitative estimate of drug-likeness (QED) is 0.277. The van der Waals surface area contributed by atoms with Crippen molar-refractivity contribution in [3.8, 4) is 11.5 Å². The highest BCUT2D eigenvalue weighted by molar-refractivity contribution is 8.24. The van der Waals surface area contributed by atoms with E-state index in [2.05, 4.69) is 9.50 Å². The summed E-state index contributed by atoms with van der Waals surface area (Å²) in [6, 6.07) is 10.9. The molecule has 1 heterocycles. The monoisotopic (exact) mass is 537 g/mol. The van der Waals surface area contributed by atoms with Gasteiger partial charge in [0.1, 0.15) is 0 Å². The van der Waals surface area contributed by atoms with Crippen LogP contribution in [0.25, 0.3) is 0 Å². The first-order valence-electron chi connectivity index (χ1n) is 11.1. The number of hydrogen-bond acceptors (Lipinski definition) is 7. The summed E-state index contributed by atoms with van der Waals surface area (Å²) in [5.41, 5.74) is -5.21. The molecule has 2 aromatic rings. The second kappa shape index (κ2) is 10.2. The van der Waals surface area contributed by atoms with Crippen LogP contribution in [0.4, 0.5) is 13.2 Å². The minimum atomic E-state index is -6.01. The van der Waals surface area contributed by atoms with E-state index in [0.717, 1.165) is 31.6 Å². The molecule has 2 atom stereocenters. The molecule has 3 rings (SSSR count). The zero-order chi connectivity index (χ0) is 26.1.